The summed E-state index contributed by atoms with van der Waals surface area (Å²) in [6.45, 7) is 1.86. The summed E-state index contributed by atoms with van der Waals surface area (Å²) in [6, 6.07) is 15.8. The third kappa shape index (κ3) is 6.34. The summed E-state index contributed by atoms with van der Waals surface area (Å²) in [5.41, 5.74) is 0.287. The summed E-state index contributed by atoms with van der Waals surface area (Å²) in [5, 5.41) is 7.99. The van der Waals surface area contributed by atoms with Crippen LogP contribution >= 0.6 is 0 Å². The Balaban J connectivity index is 1.41. The highest BCUT2D eigenvalue weighted by molar-refractivity contribution is 6.23. The highest BCUT2D eigenvalue weighted by atomic mass is 19.4. The summed E-state index contributed by atoms with van der Waals surface area (Å²) in [6.07, 6.45) is -3.32. The lowest BCUT2D eigenvalue weighted by Gasteiger charge is -2.22. The van der Waals surface area contributed by atoms with E-state index in [-0.39, 0.29) is 17.9 Å². The van der Waals surface area contributed by atoms with Crippen molar-refractivity contribution in [1.82, 2.24) is 15.6 Å². The molecule has 37 heavy (non-hydrogen) atoms. The molecule has 1 unspecified atom stereocenters. The van der Waals surface area contributed by atoms with E-state index >= 15 is 0 Å². The largest absolute Gasteiger partial charge is 0.573 e. The average Bonchev–Trinajstić information content (AvgIpc) is 3.05. The van der Waals surface area contributed by atoms with Crippen LogP contribution < -0.4 is 25.6 Å². The molecule has 2 aromatic carbocycles. The molecule has 2 heterocycles. The van der Waals surface area contributed by atoms with E-state index in [1.165, 1.54) is 25.3 Å². The molecule has 4 rings (SSSR count). The number of ether oxygens (including phenoxy) is 1. The highest BCUT2D eigenvalue weighted by Crippen LogP contribution is 2.30. The zero-order valence-corrected chi connectivity index (χ0v) is 19.5. The first kappa shape index (κ1) is 25.5. The molecule has 5 amide bonds. The van der Waals surface area contributed by atoms with Crippen LogP contribution in [-0.4, -0.2) is 34.9 Å². The number of carbonyl (C=O) groups is 3. The van der Waals surface area contributed by atoms with Gasteiger partial charge in [-0.15, -0.1) is 13.2 Å². The predicted molar refractivity (Wildman–Crippen MR) is 128 cm³/mol. The van der Waals surface area contributed by atoms with Gasteiger partial charge in [0, 0.05) is 19.2 Å². The molecular weight excluding hydrogens is 491 g/mol. The number of imide groups is 1. The third-order valence-corrected chi connectivity index (χ3v) is 5.51. The van der Waals surface area contributed by atoms with Crippen LogP contribution in [0.2, 0.25) is 0 Å². The van der Waals surface area contributed by atoms with Crippen LogP contribution in [0.3, 0.4) is 0 Å². The molecule has 1 aromatic heterocycles. The summed E-state index contributed by atoms with van der Waals surface area (Å²) >= 11 is 0. The minimum Gasteiger partial charge on any atom is -0.406 e. The molecule has 1 saturated heterocycles. The van der Waals surface area contributed by atoms with E-state index < -0.39 is 35.6 Å². The molecule has 3 aromatic rings. The van der Waals surface area contributed by atoms with Gasteiger partial charge in [-0.25, -0.2) is 19.5 Å². The Hall–Kier alpha value is -4.61. The Morgan fingerprint density at radius 2 is 1.76 bits per heavy atom. The molecule has 0 radical (unpaired) electrons. The molecule has 1 atom stereocenters. The van der Waals surface area contributed by atoms with Gasteiger partial charge in [0.2, 0.25) is 0 Å². The fourth-order valence-electron chi connectivity index (χ4n) is 3.84. The molecule has 0 saturated carbocycles. The van der Waals surface area contributed by atoms with Crippen LogP contribution in [0, 0.1) is 0 Å². The number of hydrogen-bond acceptors (Lipinski definition) is 5. The van der Waals surface area contributed by atoms with Crippen LogP contribution in [0.15, 0.2) is 72.9 Å². The number of nitrogens with one attached hydrogen (secondary N) is 3. The Bertz CT molecular complexity index is 1300. The smallest absolute Gasteiger partial charge is 0.406 e. The fourth-order valence-corrected chi connectivity index (χ4v) is 3.84. The van der Waals surface area contributed by atoms with Gasteiger partial charge in [-0.1, -0.05) is 30.3 Å². The molecule has 1 aliphatic rings. The van der Waals surface area contributed by atoms with Crippen molar-refractivity contribution in [3.63, 3.8) is 0 Å². The zero-order valence-electron chi connectivity index (χ0n) is 19.5. The monoisotopic (exact) mass is 513 g/mol. The summed E-state index contributed by atoms with van der Waals surface area (Å²) in [7, 11) is 0. The Morgan fingerprint density at radius 1 is 1.05 bits per heavy atom. The van der Waals surface area contributed by atoms with Crippen molar-refractivity contribution in [2.75, 3.05) is 10.2 Å². The number of halogens is 3. The Labute approximate surface area is 209 Å². The predicted octanol–water partition coefficient (Wildman–Crippen LogP) is 4.36. The zero-order chi connectivity index (χ0) is 26.6. The SMILES string of the molecule is CC1(Cc2ccnc(NC(=O)NCc3ccccc3)c2)NC(=O)N(c2ccc(OC(F)(F)F)cc2)C1=O. The van der Waals surface area contributed by atoms with Crippen molar-refractivity contribution >= 4 is 29.5 Å². The maximum Gasteiger partial charge on any atom is 0.573 e. The number of anilines is 2. The average molecular weight is 513 g/mol. The van der Waals surface area contributed by atoms with Crippen LogP contribution in [0.5, 0.6) is 5.75 Å². The van der Waals surface area contributed by atoms with Crippen LogP contribution in [-0.2, 0) is 17.8 Å². The lowest BCUT2D eigenvalue weighted by atomic mass is 9.93. The number of pyridine rings is 1. The highest BCUT2D eigenvalue weighted by Gasteiger charge is 2.48. The van der Waals surface area contributed by atoms with Gasteiger partial charge in [0.1, 0.15) is 17.1 Å². The van der Waals surface area contributed by atoms with Crippen LogP contribution in [0.4, 0.5) is 34.3 Å². The van der Waals surface area contributed by atoms with Crippen molar-refractivity contribution in [2.45, 2.75) is 31.8 Å². The first-order valence-corrected chi connectivity index (χ1v) is 11.1. The van der Waals surface area contributed by atoms with Crippen LogP contribution in [0.1, 0.15) is 18.1 Å². The van der Waals surface area contributed by atoms with Gasteiger partial charge in [-0.3, -0.25) is 10.1 Å². The number of rotatable bonds is 7. The van der Waals surface area contributed by atoms with Gasteiger partial charge in [-0.2, -0.15) is 0 Å². The molecule has 3 N–H and O–H groups in total. The first-order valence-electron chi connectivity index (χ1n) is 11.1. The number of hydrogen-bond donors (Lipinski definition) is 3. The first-order chi connectivity index (χ1) is 17.5. The van der Waals surface area contributed by atoms with E-state index in [0.717, 1.165) is 22.6 Å². The number of alkyl halides is 3. The van der Waals surface area contributed by atoms with Gasteiger partial charge in [0.25, 0.3) is 5.91 Å². The lowest BCUT2D eigenvalue weighted by Crippen LogP contribution is -2.46. The summed E-state index contributed by atoms with van der Waals surface area (Å²) in [4.78, 5) is 43.0. The summed E-state index contributed by atoms with van der Waals surface area (Å²) < 4.78 is 41.0. The maximum atomic E-state index is 13.2. The molecule has 0 spiro atoms. The van der Waals surface area contributed by atoms with Crippen molar-refractivity contribution in [3.05, 3.63) is 84.1 Å². The van der Waals surface area contributed by atoms with Gasteiger partial charge in [0.15, 0.2) is 0 Å². The van der Waals surface area contributed by atoms with Crippen molar-refractivity contribution < 1.29 is 32.3 Å². The third-order valence-electron chi connectivity index (χ3n) is 5.51. The molecule has 1 aliphatic heterocycles. The van der Waals surface area contributed by atoms with E-state index in [4.69, 9.17) is 0 Å². The normalized spacial score (nSPS) is 17.4. The molecule has 9 nitrogen and oxygen atoms in total. The minimum absolute atomic E-state index is 0.0756. The topological polar surface area (TPSA) is 113 Å². The second-order valence-electron chi connectivity index (χ2n) is 8.46. The van der Waals surface area contributed by atoms with Gasteiger partial charge in [0.05, 0.1) is 5.69 Å². The lowest BCUT2D eigenvalue weighted by molar-refractivity contribution is -0.274. The number of benzene rings is 2. The number of aromatic nitrogens is 1. The molecular formula is C25H22F3N5O4. The van der Waals surface area contributed by atoms with E-state index in [1.54, 1.807) is 12.1 Å². The number of nitrogens with zero attached hydrogens (tertiary/aromatic N) is 2. The number of amides is 5. The van der Waals surface area contributed by atoms with Crippen molar-refractivity contribution in [3.8, 4) is 5.75 Å². The number of urea groups is 2. The van der Waals surface area contributed by atoms with Gasteiger partial charge in [-0.05, 0) is 54.4 Å². The van der Waals surface area contributed by atoms with Gasteiger partial charge < -0.3 is 15.4 Å². The fraction of sp³-hybridized carbons (Fsp3) is 0.200. The molecule has 0 bridgehead atoms. The number of carbonyl (C=O) groups excluding carboxylic acids is 3. The van der Waals surface area contributed by atoms with E-state index in [2.05, 4.69) is 25.7 Å². The molecule has 192 valence electrons. The van der Waals surface area contributed by atoms with Gasteiger partial charge >= 0.3 is 18.4 Å². The molecule has 12 heteroatoms. The molecule has 1 fully saturated rings. The van der Waals surface area contributed by atoms with E-state index in [0.29, 0.717) is 12.1 Å². The second kappa shape index (κ2) is 10.2. The maximum absolute atomic E-state index is 13.2. The standard InChI is InChI=1S/C25H22F3N5O4/c1-24(21(34)33(23(36)32-24)18-7-9-19(10-8-18)37-25(26,27)28)14-17-11-12-29-20(13-17)31-22(35)30-15-16-5-3-2-4-6-16/h2-13H,14-15H2,1H3,(H,32,36)(H2,29,30,31,35). The minimum atomic E-state index is -4.86. The van der Waals surface area contributed by atoms with E-state index in [9.17, 15) is 27.6 Å². The second-order valence-corrected chi connectivity index (χ2v) is 8.46. The quantitative estimate of drug-likeness (QED) is 0.407. The van der Waals surface area contributed by atoms with Crippen molar-refractivity contribution in [2.24, 2.45) is 0 Å². The van der Waals surface area contributed by atoms with Crippen LogP contribution in [0.25, 0.3) is 0 Å². The van der Waals surface area contributed by atoms with Crippen molar-refractivity contribution in [1.29, 1.82) is 0 Å². The molecule has 0 aliphatic carbocycles. The Morgan fingerprint density at radius 3 is 2.43 bits per heavy atom. The summed E-state index contributed by atoms with van der Waals surface area (Å²) in [5.74, 6) is -0.815. The Kier molecular flexibility index (Phi) is 7.00. The van der Waals surface area contributed by atoms with E-state index in [1.807, 2.05) is 30.3 Å².